The molecular weight excluding hydrogens is 192 g/mol. The summed E-state index contributed by atoms with van der Waals surface area (Å²) in [7, 11) is -2.22. The van der Waals surface area contributed by atoms with Crippen LogP contribution in [0.5, 0.6) is 0 Å². The zero-order valence-corrected chi connectivity index (χ0v) is 12.8. The summed E-state index contributed by atoms with van der Waals surface area (Å²) in [6.07, 6.45) is 0. The molecule has 1 saturated heterocycles. The molecule has 0 amide bonds. The Morgan fingerprint density at radius 2 is 1.42 bits per heavy atom. The van der Waals surface area contributed by atoms with Crippen LogP contribution in [0.4, 0.5) is 0 Å². The van der Waals surface area contributed by atoms with Crippen LogP contribution in [0.15, 0.2) is 0 Å². The average Bonchev–Trinajstić information content (AvgIpc) is 1.81. The highest BCUT2D eigenvalue weighted by molar-refractivity contribution is 7.48. The molecule has 0 unspecified atom stereocenters. The van der Waals surface area contributed by atoms with E-state index in [9.17, 15) is 0 Å². The average molecular weight is 217 g/mol. The highest BCUT2D eigenvalue weighted by atomic mass is 29.3. The van der Waals surface area contributed by atoms with E-state index in [0.717, 1.165) is 0 Å². The molecule has 1 rings (SSSR count). The SMILES string of the molecule is C[Si](C)(C)[C@@H]1C[Si](C)(C)[Si]1(C)C. The number of rotatable bonds is 1. The van der Waals surface area contributed by atoms with Crippen molar-refractivity contribution in [3.63, 3.8) is 0 Å². The van der Waals surface area contributed by atoms with E-state index in [-0.39, 0.29) is 0 Å². The van der Waals surface area contributed by atoms with Gasteiger partial charge in [-0.25, -0.2) is 0 Å². The van der Waals surface area contributed by atoms with Crippen molar-refractivity contribution in [1.82, 2.24) is 0 Å². The lowest BCUT2D eigenvalue weighted by molar-refractivity contribution is 1.09. The van der Waals surface area contributed by atoms with Gasteiger partial charge in [-0.05, 0) is 0 Å². The molecule has 0 aromatic carbocycles. The van der Waals surface area contributed by atoms with Crippen LogP contribution in [0.3, 0.4) is 0 Å². The molecule has 0 aliphatic carbocycles. The Kier molecular flexibility index (Phi) is 2.30. The monoisotopic (exact) mass is 216 g/mol. The maximum absolute atomic E-state index is 2.66. The summed E-state index contributed by atoms with van der Waals surface area (Å²) in [5.74, 6) is 0. The van der Waals surface area contributed by atoms with Gasteiger partial charge in [0.05, 0.1) is 0 Å². The lowest BCUT2D eigenvalue weighted by atomic mass is 10.9. The van der Waals surface area contributed by atoms with Gasteiger partial charge in [-0.1, -0.05) is 57.0 Å². The summed E-state index contributed by atoms with van der Waals surface area (Å²) in [5.41, 5.74) is 0. The van der Waals surface area contributed by atoms with Gasteiger partial charge in [0, 0.05) is 23.3 Å². The Balaban J connectivity index is 2.80. The van der Waals surface area contributed by atoms with E-state index in [2.05, 4.69) is 45.8 Å². The second-order valence-corrected chi connectivity index (χ2v) is 29.0. The van der Waals surface area contributed by atoms with E-state index < -0.39 is 23.3 Å². The molecule has 0 aromatic heterocycles. The molecule has 0 N–H and O–H groups in total. The van der Waals surface area contributed by atoms with Crippen molar-refractivity contribution in [3.05, 3.63) is 0 Å². The van der Waals surface area contributed by atoms with E-state index in [1.807, 2.05) is 0 Å². The van der Waals surface area contributed by atoms with Gasteiger partial charge in [-0.3, -0.25) is 0 Å². The third kappa shape index (κ3) is 1.40. The van der Waals surface area contributed by atoms with E-state index in [1.165, 1.54) is 5.16 Å². The van der Waals surface area contributed by atoms with E-state index in [0.29, 0.717) is 0 Å². The van der Waals surface area contributed by atoms with Gasteiger partial charge in [0.1, 0.15) is 0 Å². The molecule has 1 atom stereocenters. The smallest absolute Gasteiger partial charge is 0.0442 e. The number of hydrogen-bond acceptors (Lipinski definition) is 0. The van der Waals surface area contributed by atoms with Crippen LogP contribution in [0.2, 0.25) is 57.0 Å². The van der Waals surface area contributed by atoms with Crippen LogP contribution >= 0.6 is 0 Å². The minimum absolute atomic E-state index is 0.678. The van der Waals surface area contributed by atoms with Crippen LogP contribution in [0.1, 0.15) is 0 Å². The van der Waals surface area contributed by atoms with Crippen molar-refractivity contribution in [2.45, 2.75) is 57.0 Å². The van der Waals surface area contributed by atoms with Crippen molar-refractivity contribution in [1.29, 1.82) is 0 Å². The van der Waals surface area contributed by atoms with Gasteiger partial charge < -0.3 is 0 Å². The van der Waals surface area contributed by atoms with Crippen LogP contribution < -0.4 is 0 Å². The topological polar surface area (TPSA) is 0 Å². The summed E-state index contributed by atoms with van der Waals surface area (Å²) in [5, 5.41) is 1.23. The van der Waals surface area contributed by atoms with E-state index in [4.69, 9.17) is 0 Å². The first-order valence-corrected chi connectivity index (χ1v) is 16.0. The molecule has 0 saturated carbocycles. The second kappa shape index (κ2) is 2.58. The Morgan fingerprint density at radius 3 is 1.50 bits per heavy atom. The minimum atomic E-state index is -0.802. The highest BCUT2D eigenvalue weighted by Crippen LogP contribution is 2.53. The minimum Gasteiger partial charge on any atom is -0.0713 e. The first-order valence-electron chi connectivity index (χ1n) is 5.09. The molecule has 12 heavy (non-hydrogen) atoms. The zero-order valence-electron chi connectivity index (χ0n) is 9.78. The third-order valence-electron chi connectivity index (χ3n) is 4.38. The molecule has 72 valence electrons. The summed E-state index contributed by atoms with van der Waals surface area (Å²) < 4.78 is 0. The maximum Gasteiger partial charge on any atom is 0.0442 e. The maximum atomic E-state index is 2.66. The Labute approximate surface area is 80.6 Å². The molecule has 0 radical (unpaired) electrons. The molecule has 0 aromatic rings. The van der Waals surface area contributed by atoms with Crippen molar-refractivity contribution < 1.29 is 0 Å². The predicted molar refractivity (Wildman–Crippen MR) is 66.9 cm³/mol. The summed E-state index contributed by atoms with van der Waals surface area (Å²) >= 11 is 0. The van der Waals surface area contributed by atoms with Crippen molar-refractivity contribution >= 4 is 23.3 Å². The molecule has 0 spiro atoms. The van der Waals surface area contributed by atoms with Crippen LogP contribution in [0, 0.1) is 0 Å². The first kappa shape index (κ1) is 10.7. The van der Waals surface area contributed by atoms with E-state index >= 15 is 0 Å². The lowest BCUT2D eigenvalue weighted by Gasteiger charge is -2.60. The molecule has 1 aliphatic heterocycles. The quantitative estimate of drug-likeness (QED) is 0.586. The number of hydrogen-bond donors (Lipinski definition) is 0. The zero-order chi connectivity index (χ0) is 9.78. The molecule has 1 aliphatic rings. The van der Waals surface area contributed by atoms with Crippen molar-refractivity contribution in [3.8, 4) is 0 Å². The Bertz CT molecular complexity index is 188. The van der Waals surface area contributed by atoms with Gasteiger partial charge in [-0.2, -0.15) is 0 Å². The fourth-order valence-electron chi connectivity index (χ4n) is 2.76. The van der Waals surface area contributed by atoms with Crippen LogP contribution in [-0.4, -0.2) is 23.3 Å². The largest absolute Gasteiger partial charge is 0.0713 e. The summed E-state index contributed by atoms with van der Waals surface area (Å²) in [6, 6.07) is 1.65. The third-order valence-corrected chi connectivity index (χ3v) is 32.1. The second-order valence-electron chi connectivity index (χ2n) is 6.73. The van der Waals surface area contributed by atoms with Gasteiger partial charge in [0.15, 0.2) is 0 Å². The Morgan fingerprint density at radius 1 is 1.00 bits per heavy atom. The van der Waals surface area contributed by atoms with Crippen LogP contribution in [0.25, 0.3) is 0 Å². The molecular formula is C9H24Si3. The molecule has 0 bridgehead atoms. The summed E-state index contributed by atoms with van der Waals surface area (Å²) in [4.78, 5) is 0. The van der Waals surface area contributed by atoms with Gasteiger partial charge in [-0.15, -0.1) is 0 Å². The molecule has 0 nitrogen and oxygen atoms in total. The molecule has 1 heterocycles. The van der Waals surface area contributed by atoms with Gasteiger partial charge >= 0.3 is 0 Å². The Hall–Kier alpha value is 0.651. The normalized spacial score (nSPS) is 32.8. The fourth-order valence-corrected chi connectivity index (χ4v) is 33.2. The predicted octanol–water partition coefficient (Wildman–Crippen LogP) is 3.74. The first-order chi connectivity index (χ1) is 5.09. The standard InChI is InChI=1S/C9H24Si3/c1-10(2,3)9-8-11(4,5)12(9,6)7/h9H,8H2,1-7H3/t9-/m0/s1. The van der Waals surface area contributed by atoms with Crippen molar-refractivity contribution in [2.24, 2.45) is 0 Å². The summed E-state index contributed by atoms with van der Waals surface area (Å²) in [6.45, 7) is 18.3. The fraction of sp³-hybridized carbons (Fsp3) is 1.00. The lowest BCUT2D eigenvalue weighted by Crippen LogP contribution is -2.72. The van der Waals surface area contributed by atoms with Gasteiger partial charge in [0.2, 0.25) is 0 Å². The molecule has 3 heteroatoms. The van der Waals surface area contributed by atoms with Crippen molar-refractivity contribution in [2.75, 3.05) is 0 Å². The highest BCUT2D eigenvalue weighted by Gasteiger charge is 2.60. The van der Waals surface area contributed by atoms with Gasteiger partial charge in [0.25, 0.3) is 0 Å². The van der Waals surface area contributed by atoms with E-state index in [1.54, 1.807) is 6.04 Å². The molecule has 1 fully saturated rings. The van der Waals surface area contributed by atoms with Crippen LogP contribution in [-0.2, 0) is 0 Å².